The third kappa shape index (κ3) is 5.64. The van der Waals surface area contributed by atoms with Gasteiger partial charge in [-0.1, -0.05) is 6.07 Å². The molecule has 2 aromatic carbocycles. The number of non-ortho nitro benzene ring substituents is 1. The first-order valence-corrected chi connectivity index (χ1v) is 11.2. The van der Waals surface area contributed by atoms with E-state index in [1.54, 1.807) is 0 Å². The smallest absolute Gasteiger partial charge is 0.294 e. The summed E-state index contributed by atoms with van der Waals surface area (Å²) in [5, 5.41) is 31.9. The van der Waals surface area contributed by atoms with Gasteiger partial charge in [0, 0.05) is 24.4 Å². The molecule has 0 fully saturated rings. The number of hydrogen-bond donors (Lipinski definition) is 5. The summed E-state index contributed by atoms with van der Waals surface area (Å²) in [5.74, 6) is 0. The molecule has 0 aliphatic rings. The Morgan fingerprint density at radius 2 is 1.73 bits per heavy atom. The quantitative estimate of drug-likeness (QED) is 0.201. The van der Waals surface area contributed by atoms with Crippen LogP contribution in [0.1, 0.15) is 5.56 Å². The first kappa shape index (κ1) is 23.5. The molecule has 2 rings (SSSR count). The molecule has 164 valence electrons. The van der Waals surface area contributed by atoms with Crippen LogP contribution in [0.5, 0.6) is 0 Å². The second-order valence-corrected chi connectivity index (χ2v) is 9.30. The molecule has 0 aliphatic heterocycles. The van der Waals surface area contributed by atoms with Crippen molar-refractivity contribution in [2.24, 2.45) is 0 Å². The van der Waals surface area contributed by atoms with Crippen LogP contribution in [-0.2, 0) is 20.1 Å². The highest BCUT2D eigenvalue weighted by atomic mass is 32.2. The number of nitrogens with zero attached hydrogens (tertiary/aromatic N) is 1. The van der Waals surface area contributed by atoms with E-state index in [9.17, 15) is 36.6 Å². The molecule has 0 saturated heterocycles. The number of aliphatic hydroxyl groups is 2. The van der Waals surface area contributed by atoms with Crippen molar-refractivity contribution < 1.29 is 36.5 Å². The molecule has 1 atom stereocenters. The maximum absolute atomic E-state index is 12.7. The number of nitro groups is 1. The Morgan fingerprint density at radius 1 is 1.10 bits per heavy atom. The third-order valence-corrected chi connectivity index (χ3v) is 6.20. The molecular weight excluding hydrogens is 442 g/mol. The highest BCUT2D eigenvalue weighted by Gasteiger charge is 2.22. The molecule has 0 saturated carbocycles. The Kier molecular flexibility index (Phi) is 6.99. The molecule has 0 aromatic heterocycles. The minimum Gasteiger partial charge on any atom is -0.394 e. The number of rotatable bonds is 9. The summed E-state index contributed by atoms with van der Waals surface area (Å²) >= 11 is 0. The van der Waals surface area contributed by atoms with Crippen molar-refractivity contribution in [2.75, 3.05) is 23.2 Å². The second-order valence-electron chi connectivity index (χ2n) is 6.20. The normalized spacial score (nSPS) is 12.9. The first-order chi connectivity index (χ1) is 13.8. The van der Waals surface area contributed by atoms with Crippen molar-refractivity contribution in [3.05, 3.63) is 52.1 Å². The summed E-state index contributed by atoms with van der Waals surface area (Å²) in [6.07, 6.45) is -1.18. The lowest BCUT2D eigenvalue weighted by atomic mass is 10.1. The van der Waals surface area contributed by atoms with Gasteiger partial charge in [0.2, 0.25) is 0 Å². The van der Waals surface area contributed by atoms with Gasteiger partial charge in [-0.05, 0) is 30.7 Å². The Bertz CT molecular complexity index is 1160. The van der Waals surface area contributed by atoms with Crippen molar-refractivity contribution >= 4 is 37.2 Å². The fourth-order valence-corrected chi connectivity index (χ4v) is 4.07. The van der Waals surface area contributed by atoms with E-state index >= 15 is 0 Å². The molecule has 0 radical (unpaired) electrons. The molecule has 0 bridgehead atoms. The van der Waals surface area contributed by atoms with Crippen LogP contribution in [0.2, 0.25) is 0 Å². The topological polar surface area (TPSA) is 196 Å². The van der Waals surface area contributed by atoms with Crippen LogP contribution in [0.4, 0.5) is 17.1 Å². The van der Waals surface area contributed by atoms with Crippen LogP contribution >= 0.6 is 0 Å². The van der Waals surface area contributed by atoms with E-state index in [0.29, 0.717) is 0 Å². The largest absolute Gasteiger partial charge is 0.394 e. The number of sulfonamides is 1. The van der Waals surface area contributed by atoms with Gasteiger partial charge in [-0.15, -0.1) is 0 Å². The molecule has 0 aliphatic carbocycles. The monoisotopic (exact) mass is 461 g/mol. The van der Waals surface area contributed by atoms with Gasteiger partial charge >= 0.3 is 0 Å². The summed E-state index contributed by atoms with van der Waals surface area (Å²) in [5.41, 5.74) is -0.407. The fraction of sp³-hybridized carbons (Fsp3) is 0.250. The summed E-state index contributed by atoms with van der Waals surface area (Å²) in [6.45, 7) is 0.673. The van der Waals surface area contributed by atoms with Gasteiger partial charge in [-0.25, -0.2) is 8.42 Å². The van der Waals surface area contributed by atoms with Crippen LogP contribution in [0.15, 0.2) is 46.2 Å². The third-order valence-electron chi connectivity index (χ3n) is 4.00. The zero-order valence-electron chi connectivity index (χ0n) is 15.5. The van der Waals surface area contributed by atoms with Crippen molar-refractivity contribution in [1.29, 1.82) is 0 Å². The minimum atomic E-state index is -4.72. The van der Waals surface area contributed by atoms with E-state index in [-0.39, 0.29) is 23.5 Å². The van der Waals surface area contributed by atoms with Crippen molar-refractivity contribution in [1.82, 2.24) is 0 Å². The highest BCUT2D eigenvalue weighted by Crippen LogP contribution is 2.30. The van der Waals surface area contributed by atoms with Gasteiger partial charge in [-0.3, -0.25) is 19.4 Å². The van der Waals surface area contributed by atoms with Gasteiger partial charge in [0.05, 0.1) is 33.1 Å². The van der Waals surface area contributed by atoms with Crippen molar-refractivity contribution in [2.45, 2.75) is 22.8 Å². The van der Waals surface area contributed by atoms with E-state index < -0.39 is 53.3 Å². The van der Waals surface area contributed by atoms with Crippen LogP contribution < -0.4 is 10.0 Å². The zero-order valence-corrected chi connectivity index (χ0v) is 17.1. The Balaban J connectivity index is 2.51. The Morgan fingerprint density at radius 3 is 2.30 bits per heavy atom. The Labute approximate surface area is 172 Å². The second kappa shape index (κ2) is 8.93. The van der Waals surface area contributed by atoms with Crippen LogP contribution in [0.25, 0.3) is 0 Å². The zero-order chi connectivity index (χ0) is 22.7. The molecule has 5 N–H and O–H groups in total. The molecule has 2 aromatic rings. The number of hydrogen-bond acceptors (Lipinski definition) is 9. The molecule has 1 unspecified atom stereocenters. The predicted octanol–water partition coefficient (Wildman–Crippen LogP) is 0.716. The average Bonchev–Trinajstić information content (AvgIpc) is 2.67. The molecule has 0 heterocycles. The van der Waals surface area contributed by atoms with Gasteiger partial charge in [-0.2, -0.15) is 8.42 Å². The number of nitrogens with one attached hydrogen (secondary N) is 2. The van der Waals surface area contributed by atoms with Gasteiger partial charge in [0.1, 0.15) is 0 Å². The highest BCUT2D eigenvalue weighted by molar-refractivity contribution is 7.92. The van der Waals surface area contributed by atoms with Gasteiger partial charge in [0.15, 0.2) is 0 Å². The fourth-order valence-electron chi connectivity index (χ4n) is 2.39. The van der Waals surface area contributed by atoms with Gasteiger partial charge < -0.3 is 15.5 Å². The number of anilines is 2. The maximum atomic E-state index is 12.7. The lowest BCUT2D eigenvalue weighted by molar-refractivity contribution is -0.385. The summed E-state index contributed by atoms with van der Waals surface area (Å²) < 4.78 is 60.0. The predicted molar refractivity (Wildman–Crippen MR) is 106 cm³/mol. The van der Waals surface area contributed by atoms with E-state index in [2.05, 4.69) is 10.0 Å². The number of aliphatic hydroxyl groups excluding tert-OH is 2. The summed E-state index contributed by atoms with van der Waals surface area (Å²) in [6, 6.07) is 6.15. The van der Waals surface area contributed by atoms with Crippen LogP contribution in [-0.4, -0.2) is 55.8 Å². The van der Waals surface area contributed by atoms with Crippen molar-refractivity contribution in [3.63, 3.8) is 0 Å². The molecule has 0 spiro atoms. The van der Waals surface area contributed by atoms with Crippen LogP contribution in [0, 0.1) is 17.0 Å². The lowest BCUT2D eigenvalue weighted by Crippen LogP contribution is -2.23. The van der Waals surface area contributed by atoms with E-state index in [4.69, 9.17) is 5.11 Å². The standard InChI is InChI=1S/C16H19N3O9S2/c1-10-15(17-8-12(21)9-20)6-14(30(26,27)28)7-16(10)18-29(24,25)13-4-2-3-11(5-13)19(22)23/h2-7,12,17-18,20-21H,8-9H2,1H3,(H,26,27,28). The lowest BCUT2D eigenvalue weighted by Gasteiger charge is -2.18. The van der Waals surface area contributed by atoms with E-state index in [1.165, 1.54) is 13.0 Å². The summed E-state index contributed by atoms with van der Waals surface area (Å²) in [4.78, 5) is 9.06. The average molecular weight is 461 g/mol. The minimum absolute atomic E-state index is 0.0642. The molecule has 30 heavy (non-hydrogen) atoms. The maximum Gasteiger partial charge on any atom is 0.294 e. The van der Waals surface area contributed by atoms with Crippen LogP contribution in [0.3, 0.4) is 0 Å². The molecule has 14 heteroatoms. The van der Waals surface area contributed by atoms with Gasteiger partial charge in [0.25, 0.3) is 25.8 Å². The molecule has 0 amide bonds. The summed E-state index contributed by atoms with van der Waals surface area (Å²) in [7, 11) is -9.08. The number of benzene rings is 2. The van der Waals surface area contributed by atoms with Crippen molar-refractivity contribution in [3.8, 4) is 0 Å². The van der Waals surface area contributed by atoms with E-state index in [1.807, 2.05) is 0 Å². The Hall–Kier alpha value is -2.78. The van der Waals surface area contributed by atoms with E-state index in [0.717, 1.165) is 30.3 Å². The number of nitro benzene ring substituents is 1. The SMILES string of the molecule is Cc1c(NCC(O)CO)cc(S(=O)(=O)O)cc1NS(=O)(=O)c1cccc([N+](=O)[O-])c1. The first-order valence-electron chi connectivity index (χ1n) is 8.27. The molecular formula is C16H19N3O9S2. The molecule has 12 nitrogen and oxygen atoms in total.